The molecule has 2 unspecified atom stereocenters. The van der Waals surface area contributed by atoms with Crippen LogP contribution >= 0.6 is 0 Å². The number of carbonyl (C=O) groups is 1. The van der Waals surface area contributed by atoms with E-state index in [1.54, 1.807) is 32.9 Å². The average Bonchev–Trinajstić information content (AvgIpc) is 3.06. The molecule has 1 amide bonds. The van der Waals surface area contributed by atoms with Gasteiger partial charge in [0.25, 0.3) is 0 Å². The predicted molar refractivity (Wildman–Crippen MR) is 70.8 cm³/mol. The molecule has 0 aliphatic rings. The van der Waals surface area contributed by atoms with Crippen LogP contribution in [-0.4, -0.2) is 32.3 Å². The number of nitrogens with zero attached hydrogens (tertiary/aromatic N) is 3. The summed E-state index contributed by atoms with van der Waals surface area (Å²) in [6.07, 6.45) is 2.84. The van der Waals surface area contributed by atoms with E-state index >= 15 is 0 Å². The molecule has 2 N–H and O–H groups in total. The fourth-order valence-corrected chi connectivity index (χ4v) is 1.76. The van der Waals surface area contributed by atoms with E-state index in [0.717, 1.165) is 0 Å². The third-order valence-electron chi connectivity index (χ3n) is 3.09. The summed E-state index contributed by atoms with van der Waals surface area (Å²) >= 11 is 0. The van der Waals surface area contributed by atoms with Crippen molar-refractivity contribution in [2.75, 3.05) is 6.54 Å². The van der Waals surface area contributed by atoms with Crippen molar-refractivity contribution < 1.29 is 14.3 Å². The van der Waals surface area contributed by atoms with Crippen molar-refractivity contribution in [2.45, 2.75) is 32.4 Å². The van der Waals surface area contributed by atoms with Gasteiger partial charge in [-0.15, -0.1) is 0 Å². The summed E-state index contributed by atoms with van der Waals surface area (Å²) in [6.45, 7) is 5.14. The van der Waals surface area contributed by atoms with Crippen molar-refractivity contribution in [2.24, 2.45) is 0 Å². The number of furan rings is 1. The van der Waals surface area contributed by atoms with Crippen molar-refractivity contribution in [3.8, 4) is 0 Å². The highest BCUT2D eigenvalue weighted by Gasteiger charge is 2.28. The molecule has 0 aliphatic heterocycles. The molecule has 7 heteroatoms. The van der Waals surface area contributed by atoms with Gasteiger partial charge >= 0.3 is 0 Å². The fourth-order valence-electron chi connectivity index (χ4n) is 1.76. The van der Waals surface area contributed by atoms with E-state index in [1.165, 1.54) is 17.3 Å². The summed E-state index contributed by atoms with van der Waals surface area (Å²) in [6, 6.07) is 2.97. The molecular formula is C13H18N4O3. The van der Waals surface area contributed by atoms with Gasteiger partial charge < -0.3 is 14.8 Å². The van der Waals surface area contributed by atoms with Gasteiger partial charge in [-0.3, -0.25) is 4.79 Å². The van der Waals surface area contributed by atoms with Crippen LogP contribution in [0.25, 0.3) is 0 Å². The summed E-state index contributed by atoms with van der Waals surface area (Å²) in [5, 5.41) is 16.9. The topological polar surface area (TPSA) is 93.2 Å². The third kappa shape index (κ3) is 3.05. The van der Waals surface area contributed by atoms with Gasteiger partial charge in [-0.2, -0.15) is 5.10 Å². The van der Waals surface area contributed by atoms with Gasteiger partial charge in [0.2, 0.25) is 5.91 Å². The van der Waals surface area contributed by atoms with Crippen LogP contribution in [-0.2, 0) is 10.4 Å². The summed E-state index contributed by atoms with van der Waals surface area (Å²) in [4.78, 5) is 15.8. The monoisotopic (exact) mass is 278 g/mol. The number of aromatic nitrogens is 3. The molecule has 2 aromatic rings. The van der Waals surface area contributed by atoms with Gasteiger partial charge in [0.1, 0.15) is 35.8 Å². The van der Waals surface area contributed by atoms with Crippen LogP contribution in [0.3, 0.4) is 0 Å². The molecular weight excluding hydrogens is 260 g/mol. The number of amides is 1. The minimum absolute atomic E-state index is 0.0534. The van der Waals surface area contributed by atoms with E-state index in [4.69, 9.17) is 4.42 Å². The Bertz CT molecular complexity index is 574. The van der Waals surface area contributed by atoms with E-state index in [0.29, 0.717) is 11.5 Å². The van der Waals surface area contributed by atoms with Gasteiger partial charge in [0, 0.05) is 0 Å². The Kier molecular flexibility index (Phi) is 3.89. The number of rotatable bonds is 5. The molecule has 0 bridgehead atoms. The minimum Gasteiger partial charge on any atom is -0.463 e. The lowest BCUT2D eigenvalue weighted by atomic mass is 10.0. The smallest absolute Gasteiger partial charge is 0.244 e. The summed E-state index contributed by atoms with van der Waals surface area (Å²) in [5.41, 5.74) is -1.26. The molecule has 0 radical (unpaired) electrons. The molecule has 2 atom stereocenters. The first kappa shape index (κ1) is 14.3. The Labute approximate surface area is 116 Å². The van der Waals surface area contributed by atoms with E-state index < -0.39 is 11.6 Å². The van der Waals surface area contributed by atoms with Crippen molar-refractivity contribution in [3.05, 3.63) is 36.3 Å². The van der Waals surface area contributed by atoms with Crippen LogP contribution < -0.4 is 5.32 Å². The van der Waals surface area contributed by atoms with Crippen molar-refractivity contribution in [3.63, 3.8) is 0 Å². The Balaban J connectivity index is 1.96. The summed E-state index contributed by atoms with van der Waals surface area (Å²) in [5.74, 6) is 0.880. The van der Waals surface area contributed by atoms with E-state index in [9.17, 15) is 9.90 Å². The molecule has 2 heterocycles. The average molecular weight is 278 g/mol. The van der Waals surface area contributed by atoms with Crippen molar-refractivity contribution in [1.82, 2.24) is 20.1 Å². The molecule has 0 spiro atoms. The number of nitrogens with one attached hydrogen (secondary N) is 1. The molecule has 0 fully saturated rings. The molecule has 20 heavy (non-hydrogen) atoms. The zero-order chi connectivity index (χ0) is 14.8. The highest BCUT2D eigenvalue weighted by Crippen LogP contribution is 2.22. The number of carbonyl (C=O) groups excluding carboxylic acids is 1. The van der Waals surface area contributed by atoms with Crippen LogP contribution in [0.1, 0.15) is 31.4 Å². The molecule has 0 saturated heterocycles. The Morgan fingerprint density at radius 1 is 1.60 bits per heavy atom. The second-order valence-electron chi connectivity index (χ2n) is 4.95. The van der Waals surface area contributed by atoms with Crippen LogP contribution in [0.5, 0.6) is 0 Å². The second kappa shape index (κ2) is 5.46. The van der Waals surface area contributed by atoms with Crippen LogP contribution in [0, 0.1) is 6.92 Å². The zero-order valence-electron chi connectivity index (χ0n) is 11.7. The quantitative estimate of drug-likeness (QED) is 0.842. The standard InChI is InChI=1S/C13H18N4O3/c1-9-4-5-11(20-9)13(3,19)6-15-12(18)10(2)17-8-14-7-16-17/h4-5,7-8,10,19H,6H2,1-3H3,(H,15,18). The van der Waals surface area contributed by atoms with Gasteiger partial charge in [-0.05, 0) is 32.9 Å². The summed E-state index contributed by atoms with van der Waals surface area (Å²) in [7, 11) is 0. The minimum atomic E-state index is -1.26. The van der Waals surface area contributed by atoms with Crippen LogP contribution in [0.4, 0.5) is 0 Å². The lowest BCUT2D eigenvalue weighted by Crippen LogP contribution is -2.41. The van der Waals surface area contributed by atoms with Gasteiger partial charge in [0.15, 0.2) is 0 Å². The molecule has 0 aliphatic carbocycles. The molecule has 108 valence electrons. The number of aryl methyl sites for hydroxylation is 1. The fraction of sp³-hybridized carbons (Fsp3) is 0.462. The molecule has 7 nitrogen and oxygen atoms in total. The molecule has 2 rings (SSSR count). The Morgan fingerprint density at radius 2 is 2.35 bits per heavy atom. The zero-order valence-corrected chi connectivity index (χ0v) is 11.7. The lowest BCUT2D eigenvalue weighted by Gasteiger charge is -2.22. The highest BCUT2D eigenvalue weighted by atomic mass is 16.4. The first-order chi connectivity index (χ1) is 9.40. The van der Waals surface area contributed by atoms with Gasteiger partial charge in [0.05, 0.1) is 6.54 Å². The van der Waals surface area contributed by atoms with E-state index in [-0.39, 0.29) is 12.5 Å². The summed E-state index contributed by atoms with van der Waals surface area (Å²) < 4.78 is 6.83. The van der Waals surface area contributed by atoms with Gasteiger partial charge in [-0.1, -0.05) is 0 Å². The molecule has 0 aromatic carbocycles. The number of hydrogen-bond donors (Lipinski definition) is 2. The first-order valence-corrected chi connectivity index (χ1v) is 6.31. The third-order valence-corrected chi connectivity index (χ3v) is 3.09. The van der Waals surface area contributed by atoms with E-state index in [2.05, 4.69) is 15.4 Å². The number of hydrogen-bond acceptors (Lipinski definition) is 5. The van der Waals surface area contributed by atoms with Crippen LogP contribution in [0.15, 0.2) is 29.2 Å². The van der Waals surface area contributed by atoms with Crippen molar-refractivity contribution in [1.29, 1.82) is 0 Å². The number of aliphatic hydroxyl groups is 1. The maximum absolute atomic E-state index is 12.0. The Hall–Kier alpha value is -2.15. The normalized spacial score (nSPS) is 15.6. The predicted octanol–water partition coefficient (Wildman–Crippen LogP) is 0.764. The van der Waals surface area contributed by atoms with Gasteiger partial charge in [-0.25, -0.2) is 9.67 Å². The SMILES string of the molecule is Cc1ccc(C(C)(O)CNC(=O)C(C)n2cncn2)o1. The molecule has 2 aromatic heterocycles. The van der Waals surface area contributed by atoms with E-state index in [1.807, 2.05) is 0 Å². The second-order valence-corrected chi connectivity index (χ2v) is 4.95. The molecule has 0 saturated carbocycles. The Morgan fingerprint density at radius 3 is 2.90 bits per heavy atom. The van der Waals surface area contributed by atoms with Crippen LogP contribution in [0.2, 0.25) is 0 Å². The maximum atomic E-state index is 12.0. The lowest BCUT2D eigenvalue weighted by molar-refractivity contribution is -0.125. The maximum Gasteiger partial charge on any atom is 0.244 e. The largest absolute Gasteiger partial charge is 0.463 e. The highest BCUT2D eigenvalue weighted by molar-refractivity contribution is 5.79. The first-order valence-electron chi connectivity index (χ1n) is 6.31. The van der Waals surface area contributed by atoms with Crippen molar-refractivity contribution >= 4 is 5.91 Å².